The van der Waals surface area contributed by atoms with Gasteiger partial charge in [-0.2, -0.15) is 0 Å². The third-order valence-corrected chi connectivity index (χ3v) is 4.82. The maximum atomic E-state index is 13.0. The molecule has 2 aromatic rings. The van der Waals surface area contributed by atoms with Gasteiger partial charge in [0.25, 0.3) is 10.0 Å². The standard InChI is InChI=1S/C14H14ClFN2O2S/c1-8-5-11(7-13(17)9(8)2)21(19,20)18-14-4-3-10(16)6-12(14)15/h3-7,18H,17H2,1-2H3. The molecule has 0 saturated heterocycles. The number of nitrogens with two attached hydrogens (primary N) is 1. The summed E-state index contributed by atoms with van der Waals surface area (Å²) in [6.45, 7) is 3.58. The minimum Gasteiger partial charge on any atom is -0.398 e. The minimum atomic E-state index is -3.85. The van der Waals surface area contributed by atoms with Crippen molar-refractivity contribution < 1.29 is 12.8 Å². The smallest absolute Gasteiger partial charge is 0.262 e. The van der Waals surface area contributed by atoms with Crippen molar-refractivity contribution in [1.29, 1.82) is 0 Å². The van der Waals surface area contributed by atoms with Gasteiger partial charge in [-0.05, 0) is 55.3 Å². The van der Waals surface area contributed by atoms with E-state index in [9.17, 15) is 12.8 Å². The van der Waals surface area contributed by atoms with E-state index in [2.05, 4.69) is 4.72 Å². The van der Waals surface area contributed by atoms with Crippen molar-refractivity contribution >= 4 is 33.0 Å². The van der Waals surface area contributed by atoms with Crippen molar-refractivity contribution in [2.75, 3.05) is 10.5 Å². The molecule has 2 aromatic carbocycles. The van der Waals surface area contributed by atoms with Gasteiger partial charge in [-0.3, -0.25) is 4.72 Å². The maximum Gasteiger partial charge on any atom is 0.262 e. The van der Waals surface area contributed by atoms with E-state index >= 15 is 0 Å². The van der Waals surface area contributed by atoms with Crippen LogP contribution < -0.4 is 10.5 Å². The van der Waals surface area contributed by atoms with Crippen molar-refractivity contribution in [1.82, 2.24) is 0 Å². The van der Waals surface area contributed by atoms with Gasteiger partial charge >= 0.3 is 0 Å². The molecule has 0 aliphatic heterocycles. The van der Waals surface area contributed by atoms with Crippen LogP contribution in [0.1, 0.15) is 11.1 Å². The van der Waals surface area contributed by atoms with E-state index in [0.29, 0.717) is 5.69 Å². The van der Waals surface area contributed by atoms with E-state index in [1.807, 2.05) is 6.92 Å². The van der Waals surface area contributed by atoms with Crippen LogP contribution in [0, 0.1) is 19.7 Å². The molecule has 0 aliphatic carbocycles. The lowest BCUT2D eigenvalue weighted by molar-refractivity contribution is 0.601. The molecule has 0 saturated carbocycles. The monoisotopic (exact) mass is 328 g/mol. The molecule has 0 aliphatic rings. The molecule has 7 heteroatoms. The van der Waals surface area contributed by atoms with Crippen LogP contribution >= 0.6 is 11.6 Å². The second kappa shape index (κ2) is 5.54. The molecule has 0 fully saturated rings. The fourth-order valence-electron chi connectivity index (χ4n) is 1.78. The summed E-state index contributed by atoms with van der Waals surface area (Å²) in [6, 6.07) is 6.32. The van der Waals surface area contributed by atoms with Crippen LogP contribution in [0.25, 0.3) is 0 Å². The highest BCUT2D eigenvalue weighted by atomic mass is 35.5. The van der Waals surface area contributed by atoms with E-state index < -0.39 is 15.8 Å². The lowest BCUT2D eigenvalue weighted by Crippen LogP contribution is -2.14. The summed E-state index contributed by atoms with van der Waals surface area (Å²) < 4.78 is 40.0. The van der Waals surface area contributed by atoms with E-state index in [4.69, 9.17) is 17.3 Å². The number of benzene rings is 2. The second-order valence-electron chi connectivity index (χ2n) is 4.68. The predicted molar refractivity (Wildman–Crippen MR) is 82.5 cm³/mol. The Balaban J connectivity index is 2.43. The van der Waals surface area contributed by atoms with Gasteiger partial charge in [-0.1, -0.05) is 11.6 Å². The summed E-state index contributed by atoms with van der Waals surface area (Å²) in [5.41, 5.74) is 7.88. The van der Waals surface area contributed by atoms with Crippen LogP contribution in [0.3, 0.4) is 0 Å². The summed E-state index contributed by atoms with van der Waals surface area (Å²) in [4.78, 5) is 0.0310. The first-order chi connectivity index (χ1) is 9.70. The Morgan fingerprint density at radius 1 is 1.19 bits per heavy atom. The quantitative estimate of drug-likeness (QED) is 0.847. The highest BCUT2D eigenvalue weighted by Crippen LogP contribution is 2.27. The molecule has 0 bridgehead atoms. The third-order valence-electron chi connectivity index (χ3n) is 3.17. The van der Waals surface area contributed by atoms with Crippen LogP contribution in [0.2, 0.25) is 5.02 Å². The summed E-state index contributed by atoms with van der Waals surface area (Å²) in [6.07, 6.45) is 0. The Kier molecular flexibility index (Phi) is 4.11. The number of nitrogen functional groups attached to an aromatic ring is 1. The molecule has 112 valence electrons. The normalized spacial score (nSPS) is 11.4. The van der Waals surface area contributed by atoms with Crippen molar-refractivity contribution in [2.24, 2.45) is 0 Å². The van der Waals surface area contributed by atoms with E-state index in [1.165, 1.54) is 18.2 Å². The van der Waals surface area contributed by atoms with E-state index in [-0.39, 0.29) is 15.6 Å². The fourth-order valence-corrected chi connectivity index (χ4v) is 3.25. The molecule has 4 nitrogen and oxygen atoms in total. The van der Waals surface area contributed by atoms with Gasteiger partial charge in [0.2, 0.25) is 0 Å². The lowest BCUT2D eigenvalue weighted by atomic mass is 10.1. The van der Waals surface area contributed by atoms with E-state index in [1.54, 1.807) is 6.92 Å². The fraction of sp³-hybridized carbons (Fsp3) is 0.143. The molecular formula is C14H14ClFN2O2S. The Morgan fingerprint density at radius 3 is 2.43 bits per heavy atom. The van der Waals surface area contributed by atoms with Gasteiger partial charge < -0.3 is 5.73 Å². The number of nitrogens with one attached hydrogen (secondary N) is 1. The highest BCUT2D eigenvalue weighted by Gasteiger charge is 2.18. The molecule has 2 rings (SSSR count). The van der Waals surface area contributed by atoms with Gasteiger partial charge in [0.1, 0.15) is 5.82 Å². The van der Waals surface area contributed by atoms with Crippen LogP contribution in [0.5, 0.6) is 0 Å². The number of sulfonamides is 1. The van der Waals surface area contributed by atoms with Gasteiger partial charge in [-0.25, -0.2) is 12.8 Å². The highest BCUT2D eigenvalue weighted by molar-refractivity contribution is 7.92. The van der Waals surface area contributed by atoms with Crippen LogP contribution in [0.15, 0.2) is 35.2 Å². The molecule has 0 unspecified atom stereocenters. The first-order valence-corrected chi connectivity index (χ1v) is 7.91. The minimum absolute atomic E-state index is 0.0182. The number of anilines is 2. The molecule has 0 heterocycles. The van der Waals surface area contributed by atoms with Gasteiger partial charge in [0.05, 0.1) is 15.6 Å². The SMILES string of the molecule is Cc1cc(S(=O)(=O)Nc2ccc(F)cc2Cl)cc(N)c1C. The van der Waals surface area contributed by atoms with Gasteiger partial charge in [0, 0.05) is 5.69 Å². The lowest BCUT2D eigenvalue weighted by Gasteiger charge is -2.12. The maximum absolute atomic E-state index is 13.0. The first kappa shape index (κ1) is 15.6. The second-order valence-corrected chi connectivity index (χ2v) is 6.77. The summed E-state index contributed by atoms with van der Waals surface area (Å²) in [5, 5.41) is -0.0182. The zero-order valence-electron chi connectivity index (χ0n) is 11.4. The molecule has 21 heavy (non-hydrogen) atoms. The zero-order chi connectivity index (χ0) is 15.8. The number of hydrogen-bond donors (Lipinski definition) is 2. The Hall–Kier alpha value is -1.79. The molecule has 0 radical (unpaired) electrons. The average Bonchev–Trinajstić information content (AvgIpc) is 2.38. The number of halogens is 2. The summed E-state index contributed by atoms with van der Waals surface area (Å²) in [7, 11) is -3.85. The average molecular weight is 329 g/mol. The number of rotatable bonds is 3. The van der Waals surface area contributed by atoms with Crippen LogP contribution in [0.4, 0.5) is 15.8 Å². The third kappa shape index (κ3) is 3.28. The molecule has 3 N–H and O–H groups in total. The number of hydrogen-bond acceptors (Lipinski definition) is 3. The Bertz CT molecular complexity index is 784. The van der Waals surface area contributed by atoms with Crippen molar-refractivity contribution in [2.45, 2.75) is 18.7 Å². The largest absolute Gasteiger partial charge is 0.398 e. The zero-order valence-corrected chi connectivity index (χ0v) is 13.0. The molecular weight excluding hydrogens is 315 g/mol. The van der Waals surface area contributed by atoms with Gasteiger partial charge in [0.15, 0.2) is 0 Å². The predicted octanol–water partition coefficient (Wildman–Crippen LogP) is 3.48. The van der Waals surface area contributed by atoms with Crippen LogP contribution in [-0.2, 0) is 10.0 Å². The van der Waals surface area contributed by atoms with E-state index in [0.717, 1.165) is 23.3 Å². The van der Waals surface area contributed by atoms with Crippen molar-refractivity contribution in [3.05, 3.63) is 52.3 Å². The Labute approximate surface area is 127 Å². The van der Waals surface area contributed by atoms with Crippen molar-refractivity contribution in [3.8, 4) is 0 Å². The molecule has 0 spiro atoms. The van der Waals surface area contributed by atoms with Gasteiger partial charge in [-0.15, -0.1) is 0 Å². The summed E-state index contributed by atoms with van der Waals surface area (Å²) >= 11 is 5.82. The van der Waals surface area contributed by atoms with Crippen molar-refractivity contribution in [3.63, 3.8) is 0 Å². The topological polar surface area (TPSA) is 72.2 Å². The summed E-state index contributed by atoms with van der Waals surface area (Å²) in [5.74, 6) is -0.543. The molecule has 0 amide bonds. The van der Waals surface area contributed by atoms with Crippen LogP contribution in [-0.4, -0.2) is 8.42 Å². The molecule has 0 aromatic heterocycles. The first-order valence-electron chi connectivity index (χ1n) is 6.05. The Morgan fingerprint density at radius 2 is 1.86 bits per heavy atom. The number of aryl methyl sites for hydroxylation is 1. The molecule has 0 atom stereocenters.